The predicted octanol–water partition coefficient (Wildman–Crippen LogP) is 4.20. The number of hydrogen-bond donors (Lipinski definition) is 0. The summed E-state index contributed by atoms with van der Waals surface area (Å²) in [5.74, 6) is 0.255. The minimum Gasteiger partial charge on any atom is -0.472 e. The van der Waals surface area contributed by atoms with E-state index >= 15 is 0 Å². The first-order valence-corrected chi connectivity index (χ1v) is 8.85. The van der Waals surface area contributed by atoms with Gasteiger partial charge in [0.15, 0.2) is 0 Å². The Bertz CT molecular complexity index is 768. The van der Waals surface area contributed by atoms with E-state index in [2.05, 4.69) is 16.8 Å². The fraction of sp³-hybridized carbons (Fsp3) is 0.450. The van der Waals surface area contributed by atoms with Gasteiger partial charge in [-0.3, -0.25) is 4.90 Å². The Kier molecular flexibility index (Phi) is 4.20. The normalized spacial score (nSPS) is 28.2. The van der Waals surface area contributed by atoms with E-state index in [0.29, 0.717) is 29.0 Å². The smallest absolute Gasteiger partial charge is 0.213 e. The average molecular weight is 344 g/mol. The van der Waals surface area contributed by atoms with Crippen LogP contribution in [0.15, 0.2) is 30.5 Å². The number of pyridine rings is 1. The second-order valence-electron chi connectivity index (χ2n) is 7.16. The first-order valence-electron chi connectivity index (χ1n) is 8.85. The number of aromatic nitrogens is 1. The summed E-state index contributed by atoms with van der Waals surface area (Å²) in [5.41, 5.74) is 1.06. The maximum atomic E-state index is 14.1. The Morgan fingerprint density at radius 1 is 1.12 bits per heavy atom. The molecule has 0 spiro atoms. The van der Waals surface area contributed by atoms with Crippen molar-refractivity contribution in [2.75, 3.05) is 13.1 Å². The first kappa shape index (κ1) is 16.5. The number of rotatable bonds is 3. The Balaban J connectivity index is 1.54. The Morgan fingerprint density at radius 3 is 2.52 bits per heavy atom. The standard InChI is InChI=1S/C20H22F2N2O/c1-12-9-18(22)16(10-17(12)21)15-3-4-19(23-11-15)25-20-13(2)24-7-5-14(20)6-8-24/h3-4,9-11,13-14,20H,5-8H2,1-2H3. The van der Waals surface area contributed by atoms with Gasteiger partial charge in [0.05, 0.1) is 0 Å². The quantitative estimate of drug-likeness (QED) is 0.834. The molecule has 2 bridgehead atoms. The van der Waals surface area contributed by atoms with Crippen molar-refractivity contribution in [1.29, 1.82) is 0 Å². The SMILES string of the molecule is Cc1cc(F)c(-c2ccc(OC3C4CCN(CC4)C3C)nc2)cc1F. The maximum absolute atomic E-state index is 14.1. The minimum absolute atomic E-state index is 0.148. The molecule has 5 rings (SSSR count). The van der Waals surface area contributed by atoms with Crippen molar-refractivity contribution < 1.29 is 13.5 Å². The molecular weight excluding hydrogens is 322 g/mol. The van der Waals surface area contributed by atoms with Gasteiger partial charge in [0.25, 0.3) is 0 Å². The highest BCUT2D eigenvalue weighted by Crippen LogP contribution is 2.35. The topological polar surface area (TPSA) is 25.4 Å². The fourth-order valence-corrected chi connectivity index (χ4v) is 4.07. The second-order valence-corrected chi connectivity index (χ2v) is 7.16. The number of nitrogens with zero attached hydrogens (tertiary/aromatic N) is 2. The largest absolute Gasteiger partial charge is 0.472 e. The van der Waals surface area contributed by atoms with E-state index in [4.69, 9.17) is 4.74 Å². The van der Waals surface area contributed by atoms with Crippen molar-refractivity contribution >= 4 is 0 Å². The average Bonchev–Trinajstić information content (AvgIpc) is 2.62. The highest BCUT2D eigenvalue weighted by atomic mass is 19.1. The Labute approximate surface area is 146 Å². The fourth-order valence-electron chi connectivity index (χ4n) is 4.07. The van der Waals surface area contributed by atoms with Gasteiger partial charge in [-0.25, -0.2) is 13.8 Å². The lowest BCUT2D eigenvalue weighted by Gasteiger charge is -2.49. The van der Waals surface area contributed by atoms with Gasteiger partial charge < -0.3 is 4.74 Å². The third-order valence-electron chi connectivity index (χ3n) is 5.64. The van der Waals surface area contributed by atoms with E-state index in [-0.39, 0.29) is 11.7 Å². The van der Waals surface area contributed by atoms with Gasteiger partial charge >= 0.3 is 0 Å². The van der Waals surface area contributed by atoms with Crippen molar-refractivity contribution in [3.8, 4) is 17.0 Å². The molecule has 3 aliphatic rings. The summed E-state index contributed by atoms with van der Waals surface area (Å²) in [5, 5.41) is 0. The molecule has 3 nitrogen and oxygen atoms in total. The van der Waals surface area contributed by atoms with Crippen LogP contribution in [-0.4, -0.2) is 35.1 Å². The van der Waals surface area contributed by atoms with Gasteiger partial charge in [0.2, 0.25) is 5.88 Å². The van der Waals surface area contributed by atoms with Gasteiger partial charge in [-0.2, -0.15) is 0 Å². The summed E-state index contributed by atoms with van der Waals surface area (Å²) >= 11 is 0. The van der Waals surface area contributed by atoms with Crippen LogP contribution in [0.1, 0.15) is 25.3 Å². The van der Waals surface area contributed by atoms with E-state index in [1.54, 1.807) is 25.3 Å². The summed E-state index contributed by atoms with van der Waals surface area (Å²) in [7, 11) is 0. The zero-order valence-corrected chi connectivity index (χ0v) is 14.5. The molecule has 25 heavy (non-hydrogen) atoms. The number of aryl methyl sites for hydroxylation is 1. The van der Waals surface area contributed by atoms with Crippen LogP contribution in [0.2, 0.25) is 0 Å². The molecule has 0 saturated carbocycles. The third kappa shape index (κ3) is 3.01. The molecule has 5 heteroatoms. The molecule has 3 saturated heterocycles. The van der Waals surface area contributed by atoms with Crippen LogP contribution < -0.4 is 4.74 Å². The lowest BCUT2D eigenvalue weighted by Crippen LogP contribution is -2.58. The van der Waals surface area contributed by atoms with Crippen LogP contribution in [0.3, 0.4) is 0 Å². The zero-order valence-electron chi connectivity index (χ0n) is 14.5. The highest BCUT2D eigenvalue weighted by Gasteiger charge is 2.41. The monoisotopic (exact) mass is 344 g/mol. The summed E-state index contributed by atoms with van der Waals surface area (Å²) in [6, 6.07) is 6.30. The molecule has 3 fully saturated rings. The Hall–Kier alpha value is -2.01. The number of benzene rings is 1. The number of halogens is 2. The molecular formula is C20H22F2N2O. The lowest BCUT2D eigenvalue weighted by molar-refractivity contribution is -0.0525. The molecule has 2 atom stereocenters. The number of piperidine rings is 3. The summed E-state index contributed by atoms with van der Waals surface area (Å²) in [6.45, 7) is 6.05. The Morgan fingerprint density at radius 2 is 1.88 bits per heavy atom. The number of fused-ring (bicyclic) bond motifs is 3. The van der Waals surface area contributed by atoms with Gasteiger partial charge in [0.1, 0.15) is 17.7 Å². The summed E-state index contributed by atoms with van der Waals surface area (Å²) < 4.78 is 34.0. The molecule has 0 aliphatic carbocycles. The van der Waals surface area contributed by atoms with Crippen LogP contribution >= 0.6 is 0 Å². The number of ether oxygens (including phenoxy) is 1. The second kappa shape index (κ2) is 6.37. The zero-order chi connectivity index (χ0) is 17.6. The van der Waals surface area contributed by atoms with Gasteiger partial charge in [-0.05, 0) is 69.5 Å². The van der Waals surface area contributed by atoms with Crippen LogP contribution in [0, 0.1) is 24.5 Å². The van der Waals surface area contributed by atoms with E-state index in [0.717, 1.165) is 13.1 Å². The maximum Gasteiger partial charge on any atom is 0.213 e. The van der Waals surface area contributed by atoms with E-state index in [1.165, 1.54) is 25.0 Å². The molecule has 132 valence electrons. The molecule has 0 N–H and O–H groups in total. The van der Waals surface area contributed by atoms with Crippen molar-refractivity contribution in [2.45, 2.75) is 38.8 Å². The van der Waals surface area contributed by atoms with E-state index < -0.39 is 11.6 Å². The molecule has 3 aliphatic heterocycles. The number of hydrogen-bond acceptors (Lipinski definition) is 3. The van der Waals surface area contributed by atoms with Crippen molar-refractivity contribution in [2.24, 2.45) is 5.92 Å². The highest BCUT2D eigenvalue weighted by molar-refractivity contribution is 5.64. The van der Waals surface area contributed by atoms with Crippen LogP contribution in [0.4, 0.5) is 8.78 Å². The van der Waals surface area contributed by atoms with E-state index in [9.17, 15) is 8.78 Å². The lowest BCUT2D eigenvalue weighted by atomic mass is 9.81. The first-order chi connectivity index (χ1) is 12.0. The van der Waals surface area contributed by atoms with Crippen molar-refractivity contribution in [3.63, 3.8) is 0 Å². The van der Waals surface area contributed by atoms with Crippen LogP contribution in [-0.2, 0) is 0 Å². The molecule has 2 aromatic rings. The summed E-state index contributed by atoms with van der Waals surface area (Å²) in [6.07, 6.45) is 4.03. The van der Waals surface area contributed by atoms with Crippen molar-refractivity contribution in [3.05, 3.63) is 47.7 Å². The predicted molar refractivity (Wildman–Crippen MR) is 92.5 cm³/mol. The minimum atomic E-state index is -0.444. The van der Waals surface area contributed by atoms with Crippen LogP contribution in [0.25, 0.3) is 11.1 Å². The van der Waals surface area contributed by atoms with Gasteiger partial charge in [-0.15, -0.1) is 0 Å². The molecule has 1 aromatic heterocycles. The van der Waals surface area contributed by atoms with Gasteiger partial charge in [-0.1, -0.05) is 0 Å². The summed E-state index contributed by atoms with van der Waals surface area (Å²) in [4.78, 5) is 6.79. The molecule has 0 radical (unpaired) electrons. The van der Waals surface area contributed by atoms with Gasteiger partial charge in [0, 0.05) is 29.4 Å². The van der Waals surface area contributed by atoms with Crippen LogP contribution in [0.5, 0.6) is 5.88 Å². The molecule has 1 aromatic carbocycles. The molecule has 2 unspecified atom stereocenters. The third-order valence-corrected chi connectivity index (χ3v) is 5.64. The molecule has 0 amide bonds. The van der Waals surface area contributed by atoms with Crippen molar-refractivity contribution in [1.82, 2.24) is 9.88 Å². The molecule has 4 heterocycles. The van der Waals surface area contributed by atoms with E-state index in [1.807, 2.05) is 0 Å².